The predicted octanol–water partition coefficient (Wildman–Crippen LogP) is 0.120. The first-order valence-electron chi connectivity index (χ1n) is 6.49. The molecule has 112 valence electrons. The molecule has 1 rings (SSSR count). The van der Waals surface area contributed by atoms with Crippen molar-refractivity contribution in [2.75, 3.05) is 6.54 Å². The first-order valence-corrected chi connectivity index (χ1v) is 8.04. The third-order valence-corrected chi connectivity index (χ3v) is 3.83. The molecule has 0 heterocycles. The molecule has 1 aromatic rings. The van der Waals surface area contributed by atoms with Gasteiger partial charge < -0.3 is 11.1 Å². The van der Waals surface area contributed by atoms with Crippen LogP contribution in [-0.2, 0) is 21.2 Å². The molecule has 1 unspecified atom stereocenters. The standard InChI is InChI=1S/C13H21N3O3S/c1-2-3-12(14)13(17)16-9-8-10-4-6-11(7-5-10)20(15,18)19/h4-7,12H,2-3,8-9,14H2,1H3,(H,16,17)(H2,15,18,19). The van der Waals surface area contributed by atoms with Crippen molar-refractivity contribution in [3.05, 3.63) is 29.8 Å². The van der Waals surface area contributed by atoms with Crippen molar-refractivity contribution in [2.24, 2.45) is 10.9 Å². The van der Waals surface area contributed by atoms with Crippen LogP contribution in [-0.4, -0.2) is 26.9 Å². The summed E-state index contributed by atoms with van der Waals surface area (Å²) in [6.45, 7) is 2.44. The second-order valence-electron chi connectivity index (χ2n) is 4.63. The van der Waals surface area contributed by atoms with Gasteiger partial charge in [0.05, 0.1) is 10.9 Å². The van der Waals surface area contributed by atoms with E-state index < -0.39 is 16.1 Å². The quantitative estimate of drug-likeness (QED) is 0.663. The molecule has 0 aliphatic rings. The fourth-order valence-electron chi connectivity index (χ4n) is 1.75. The Labute approximate surface area is 119 Å². The minimum absolute atomic E-state index is 0.0789. The highest BCUT2D eigenvalue weighted by Gasteiger charge is 2.11. The smallest absolute Gasteiger partial charge is 0.238 e. The Balaban J connectivity index is 2.45. The van der Waals surface area contributed by atoms with Gasteiger partial charge in [0.1, 0.15) is 0 Å². The van der Waals surface area contributed by atoms with Crippen LogP contribution < -0.4 is 16.2 Å². The van der Waals surface area contributed by atoms with Crippen LogP contribution in [0.15, 0.2) is 29.2 Å². The van der Waals surface area contributed by atoms with Crippen LogP contribution in [0.4, 0.5) is 0 Å². The lowest BCUT2D eigenvalue weighted by atomic mass is 10.1. The zero-order chi connectivity index (χ0) is 15.2. The van der Waals surface area contributed by atoms with Crippen LogP contribution in [0, 0.1) is 0 Å². The van der Waals surface area contributed by atoms with E-state index in [9.17, 15) is 13.2 Å². The maximum absolute atomic E-state index is 11.6. The highest BCUT2D eigenvalue weighted by atomic mass is 32.2. The number of nitrogens with two attached hydrogens (primary N) is 2. The van der Waals surface area contributed by atoms with Gasteiger partial charge in [-0.05, 0) is 30.5 Å². The number of amides is 1. The molecule has 7 heteroatoms. The van der Waals surface area contributed by atoms with Gasteiger partial charge in [-0.15, -0.1) is 0 Å². The Bertz CT molecular complexity index is 540. The topological polar surface area (TPSA) is 115 Å². The molecule has 1 aromatic carbocycles. The SMILES string of the molecule is CCCC(N)C(=O)NCCc1ccc(S(N)(=O)=O)cc1. The van der Waals surface area contributed by atoms with Crippen molar-refractivity contribution in [1.29, 1.82) is 0 Å². The zero-order valence-electron chi connectivity index (χ0n) is 11.5. The van der Waals surface area contributed by atoms with Crippen molar-refractivity contribution in [3.63, 3.8) is 0 Å². The summed E-state index contributed by atoms with van der Waals surface area (Å²) in [5.41, 5.74) is 6.60. The lowest BCUT2D eigenvalue weighted by Gasteiger charge is -2.11. The average molecular weight is 299 g/mol. The Morgan fingerprint density at radius 2 is 1.90 bits per heavy atom. The molecule has 0 bridgehead atoms. The molecule has 20 heavy (non-hydrogen) atoms. The summed E-state index contributed by atoms with van der Waals surface area (Å²) in [4.78, 5) is 11.7. The number of rotatable bonds is 7. The molecule has 0 saturated heterocycles. The van der Waals surface area contributed by atoms with Gasteiger partial charge in [0, 0.05) is 6.54 Å². The molecule has 0 radical (unpaired) electrons. The number of carbonyl (C=O) groups is 1. The van der Waals surface area contributed by atoms with Crippen molar-refractivity contribution in [2.45, 2.75) is 37.1 Å². The first kappa shape index (κ1) is 16.6. The number of primary sulfonamides is 1. The number of carbonyl (C=O) groups excluding carboxylic acids is 1. The van der Waals surface area contributed by atoms with Crippen LogP contribution in [0.2, 0.25) is 0 Å². The molecule has 0 saturated carbocycles. The maximum Gasteiger partial charge on any atom is 0.238 e. The summed E-state index contributed by atoms with van der Waals surface area (Å²) >= 11 is 0. The highest BCUT2D eigenvalue weighted by molar-refractivity contribution is 7.89. The summed E-state index contributed by atoms with van der Waals surface area (Å²) in [6, 6.07) is 5.80. The molecule has 6 nitrogen and oxygen atoms in total. The molecule has 0 fully saturated rings. The van der Waals surface area contributed by atoms with Gasteiger partial charge in [-0.3, -0.25) is 4.79 Å². The number of sulfonamides is 1. The second kappa shape index (κ2) is 7.37. The van der Waals surface area contributed by atoms with E-state index in [4.69, 9.17) is 10.9 Å². The van der Waals surface area contributed by atoms with Gasteiger partial charge >= 0.3 is 0 Å². The van der Waals surface area contributed by atoms with Crippen LogP contribution in [0.5, 0.6) is 0 Å². The van der Waals surface area contributed by atoms with Crippen LogP contribution in [0.3, 0.4) is 0 Å². The normalized spacial score (nSPS) is 12.9. The first-order chi connectivity index (χ1) is 9.34. The van der Waals surface area contributed by atoms with E-state index in [1.165, 1.54) is 12.1 Å². The van der Waals surface area contributed by atoms with Gasteiger partial charge in [0.15, 0.2) is 0 Å². The van der Waals surface area contributed by atoms with E-state index in [1.807, 2.05) is 6.92 Å². The van der Waals surface area contributed by atoms with E-state index in [2.05, 4.69) is 5.32 Å². The van der Waals surface area contributed by atoms with Gasteiger partial charge in [-0.2, -0.15) is 0 Å². The third kappa shape index (κ3) is 5.28. The van der Waals surface area contributed by atoms with Crippen LogP contribution in [0.1, 0.15) is 25.3 Å². The fourth-order valence-corrected chi connectivity index (χ4v) is 2.26. The van der Waals surface area contributed by atoms with Crippen molar-refractivity contribution < 1.29 is 13.2 Å². The minimum Gasteiger partial charge on any atom is -0.354 e. The number of nitrogens with one attached hydrogen (secondary N) is 1. The van der Waals surface area contributed by atoms with Crippen molar-refractivity contribution >= 4 is 15.9 Å². The Morgan fingerprint density at radius 3 is 2.40 bits per heavy atom. The Morgan fingerprint density at radius 1 is 1.30 bits per heavy atom. The summed E-state index contributed by atoms with van der Waals surface area (Å²) in [5, 5.41) is 7.76. The van der Waals surface area contributed by atoms with Crippen molar-refractivity contribution in [3.8, 4) is 0 Å². The van der Waals surface area contributed by atoms with Gasteiger partial charge in [0.2, 0.25) is 15.9 Å². The highest BCUT2D eigenvalue weighted by Crippen LogP contribution is 2.08. The summed E-state index contributed by atoms with van der Waals surface area (Å²) < 4.78 is 22.2. The monoisotopic (exact) mass is 299 g/mol. The van der Waals surface area contributed by atoms with E-state index in [0.29, 0.717) is 19.4 Å². The Hall–Kier alpha value is -1.44. The van der Waals surface area contributed by atoms with E-state index >= 15 is 0 Å². The molecule has 0 aliphatic heterocycles. The number of hydrogen-bond donors (Lipinski definition) is 3. The molecular formula is C13H21N3O3S. The summed E-state index contributed by atoms with van der Waals surface area (Å²) in [6.07, 6.45) is 2.13. The predicted molar refractivity (Wildman–Crippen MR) is 77.4 cm³/mol. The largest absolute Gasteiger partial charge is 0.354 e. The number of hydrogen-bond acceptors (Lipinski definition) is 4. The second-order valence-corrected chi connectivity index (χ2v) is 6.19. The average Bonchev–Trinajstić information content (AvgIpc) is 2.38. The van der Waals surface area contributed by atoms with E-state index in [0.717, 1.165) is 12.0 Å². The van der Waals surface area contributed by atoms with E-state index in [1.54, 1.807) is 12.1 Å². The van der Waals surface area contributed by atoms with E-state index in [-0.39, 0.29) is 10.8 Å². The maximum atomic E-state index is 11.6. The molecule has 0 spiro atoms. The van der Waals surface area contributed by atoms with Gasteiger partial charge in [-0.25, -0.2) is 13.6 Å². The lowest BCUT2D eigenvalue weighted by molar-refractivity contribution is -0.122. The zero-order valence-corrected chi connectivity index (χ0v) is 12.3. The molecule has 1 atom stereocenters. The van der Waals surface area contributed by atoms with Crippen LogP contribution >= 0.6 is 0 Å². The number of benzene rings is 1. The molecule has 1 amide bonds. The fraction of sp³-hybridized carbons (Fsp3) is 0.462. The lowest BCUT2D eigenvalue weighted by Crippen LogP contribution is -2.41. The molecule has 0 aromatic heterocycles. The van der Waals surface area contributed by atoms with Crippen molar-refractivity contribution in [1.82, 2.24) is 5.32 Å². The molecule has 5 N–H and O–H groups in total. The summed E-state index contributed by atoms with van der Waals surface area (Å²) in [5.74, 6) is -0.159. The third-order valence-electron chi connectivity index (χ3n) is 2.90. The van der Waals surface area contributed by atoms with Crippen LogP contribution in [0.25, 0.3) is 0 Å². The Kier molecular flexibility index (Phi) is 6.12. The molecular weight excluding hydrogens is 278 g/mol. The minimum atomic E-state index is -3.66. The summed E-state index contributed by atoms with van der Waals surface area (Å²) in [7, 11) is -3.66. The van der Waals surface area contributed by atoms with Gasteiger partial charge in [-0.1, -0.05) is 25.5 Å². The molecule has 0 aliphatic carbocycles. The van der Waals surface area contributed by atoms with Gasteiger partial charge in [0.25, 0.3) is 0 Å².